The lowest BCUT2D eigenvalue weighted by Crippen LogP contribution is -2.17. The molecule has 1 aliphatic rings. The standard InChI is InChI=1S/C11H15NO2/c1-4-8-5-6-9(14-8)10-12-11(2,3)7-13-10/h5-6H,4,7H2,1-3H3. The van der Waals surface area contributed by atoms with E-state index in [1.54, 1.807) is 0 Å². The van der Waals surface area contributed by atoms with Crippen molar-refractivity contribution in [3.63, 3.8) is 0 Å². The number of nitrogens with zero attached hydrogens (tertiary/aromatic N) is 1. The van der Waals surface area contributed by atoms with Gasteiger partial charge in [0.2, 0.25) is 0 Å². The molecule has 0 saturated heterocycles. The van der Waals surface area contributed by atoms with Crippen LogP contribution in [0.25, 0.3) is 0 Å². The number of hydrogen-bond donors (Lipinski definition) is 0. The molecule has 0 bridgehead atoms. The maximum Gasteiger partial charge on any atom is 0.253 e. The van der Waals surface area contributed by atoms with Crippen molar-refractivity contribution in [2.24, 2.45) is 4.99 Å². The zero-order chi connectivity index (χ0) is 10.2. The average molecular weight is 193 g/mol. The molecule has 1 aromatic heterocycles. The Morgan fingerprint density at radius 1 is 1.43 bits per heavy atom. The van der Waals surface area contributed by atoms with Gasteiger partial charge in [0.15, 0.2) is 5.76 Å². The fourth-order valence-electron chi connectivity index (χ4n) is 1.39. The van der Waals surface area contributed by atoms with Crippen LogP contribution in [0.15, 0.2) is 21.5 Å². The van der Waals surface area contributed by atoms with Gasteiger partial charge in [-0.25, -0.2) is 4.99 Å². The van der Waals surface area contributed by atoms with Gasteiger partial charge in [-0.05, 0) is 26.0 Å². The van der Waals surface area contributed by atoms with Crippen molar-refractivity contribution in [3.05, 3.63) is 23.7 Å². The summed E-state index contributed by atoms with van der Waals surface area (Å²) in [7, 11) is 0. The molecular weight excluding hydrogens is 178 g/mol. The number of aryl methyl sites for hydroxylation is 1. The van der Waals surface area contributed by atoms with Crippen molar-refractivity contribution < 1.29 is 9.15 Å². The zero-order valence-corrected chi connectivity index (χ0v) is 8.83. The van der Waals surface area contributed by atoms with Crippen LogP contribution >= 0.6 is 0 Å². The molecule has 0 atom stereocenters. The van der Waals surface area contributed by atoms with Crippen molar-refractivity contribution in [1.29, 1.82) is 0 Å². The smallest absolute Gasteiger partial charge is 0.253 e. The van der Waals surface area contributed by atoms with Crippen LogP contribution < -0.4 is 0 Å². The summed E-state index contributed by atoms with van der Waals surface area (Å²) in [4.78, 5) is 4.44. The molecular formula is C11H15NO2. The highest BCUT2D eigenvalue weighted by Gasteiger charge is 2.28. The molecule has 0 saturated carbocycles. The van der Waals surface area contributed by atoms with Crippen LogP contribution in [0.2, 0.25) is 0 Å². The second kappa shape index (κ2) is 3.15. The maximum atomic E-state index is 5.55. The normalized spacial score (nSPS) is 19.2. The topological polar surface area (TPSA) is 34.7 Å². The molecule has 2 rings (SSSR count). The van der Waals surface area contributed by atoms with Gasteiger partial charge in [-0.15, -0.1) is 0 Å². The summed E-state index contributed by atoms with van der Waals surface area (Å²) in [6, 6.07) is 3.88. The first kappa shape index (κ1) is 9.31. The largest absolute Gasteiger partial charge is 0.473 e. The lowest BCUT2D eigenvalue weighted by molar-refractivity contribution is 0.275. The Bertz CT molecular complexity index is 363. The van der Waals surface area contributed by atoms with E-state index in [9.17, 15) is 0 Å². The minimum atomic E-state index is -0.117. The van der Waals surface area contributed by atoms with E-state index in [1.807, 2.05) is 26.0 Å². The molecule has 3 nitrogen and oxygen atoms in total. The van der Waals surface area contributed by atoms with E-state index in [0.29, 0.717) is 12.5 Å². The predicted molar refractivity (Wildman–Crippen MR) is 54.7 cm³/mol. The molecule has 2 heterocycles. The van der Waals surface area contributed by atoms with Crippen molar-refractivity contribution in [2.45, 2.75) is 32.7 Å². The van der Waals surface area contributed by atoms with Crippen molar-refractivity contribution >= 4 is 5.90 Å². The second-order valence-electron chi connectivity index (χ2n) is 4.14. The highest BCUT2D eigenvalue weighted by Crippen LogP contribution is 2.21. The Hall–Kier alpha value is -1.25. The third-order valence-electron chi connectivity index (χ3n) is 2.19. The van der Waals surface area contributed by atoms with E-state index in [0.717, 1.165) is 17.9 Å². The number of ether oxygens (including phenoxy) is 1. The Kier molecular flexibility index (Phi) is 2.10. The number of hydrogen-bond acceptors (Lipinski definition) is 3. The van der Waals surface area contributed by atoms with Crippen molar-refractivity contribution in [2.75, 3.05) is 6.61 Å². The van der Waals surface area contributed by atoms with Gasteiger partial charge < -0.3 is 9.15 Å². The van der Waals surface area contributed by atoms with Gasteiger partial charge in [0.25, 0.3) is 5.90 Å². The highest BCUT2D eigenvalue weighted by atomic mass is 16.5. The second-order valence-corrected chi connectivity index (χ2v) is 4.14. The van der Waals surface area contributed by atoms with E-state index in [4.69, 9.17) is 9.15 Å². The van der Waals surface area contributed by atoms with Gasteiger partial charge in [-0.3, -0.25) is 0 Å². The molecule has 0 unspecified atom stereocenters. The zero-order valence-electron chi connectivity index (χ0n) is 8.83. The Balaban J connectivity index is 2.24. The van der Waals surface area contributed by atoms with Crippen molar-refractivity contribution in [1.82, 2.24) is 0 Å². The van der Waals surface area contributed by atoms with Gasteiger partial charge >= 0.3 is 0 Å². The Morgan fingerprint density at radius 3 is 2.71 bits per heavy atom. The molecule has 1 aromatic rings. The fourth-order valence-corrected chi connectivity index (χ4v) is 1.39. The van der Waals surface area contributed by atoms with Gasteiger partial charge in [0.05, 0.1) is 5.54 Å². The summed E-state index contributed by atoms with van der Waals surface area (Å²) in [6.07, 6.45) is 0.899. The first-order valence-corrected chi connectivity index (χ1v) is 4.92. The quantitative estimate of drug-likeness (QED) is 0.722. The summed E-state index contributed by atoms with van der Waals surface area (Å²) in [5.74, 6) is 2.35. The summed E-state index contributed by atoms with van der Waals surface area (Å²) in [6.45, 7) is 6.78. The SMILES string of the molecule is CCc1ccc(C2=NC(C)(C)CO2)o1. The summed E-state index contributed by atoms with van der Waals surface area (Å²) < 4.78 is 11.0. The van der Waals surface area contributed by atoms with Crippen LogP contribution in [0.1, 0.15) is 32.3 Å². The molecule has 76 valence electrons. The van der Waals surface area contributed by atoms with Crippen LogP contribution in [-0.2, 0) is 11.2 Å². The molecule has 14 heavy (non-hydrogen) atoms. The maximum absolute atomic E-state index is 5.55. The molecule has 0 spiro atoms. The fraction of sp³-hybridized carbons (Fsp3) is 0.545. The van der Waals surface area contributed by atoms with Gasteiger partial charge in [0.1, 0.15) is 12.4 Å². The van der Waals surface area contributed by atoms with E-state index in [2.05, 4.69) is 11.9 Å². The molecule has 0 amide bonds. The molecule has 0 N–H and O–H groups in total. The first-order chi connectivity index (χ1) is 6.61. The van der Waals surface area contributed by atoms with Crippen LogP contribution in [0.3, 0.4) is 0 Å². The summed E-state index contributed by atoms with van der Waals surface area (Å²) >= 11 is 0. The minimum absolute atomic E-state index is 0.117. The van der Waals surface area contributed by atoms with E-state index in [1.165, 1.54) is 0 Å². The monoisotopic (exact) mass is 193 g/mol. The first-order valence-electron chi connectivity index (χ1n) is 4.92. The van der Waals surface area contributed by atoms with E-state index >= 15 is 0 Å². The number of aliphatic imine (C=N–C) groups is 1. The van der Waals surface area contributed by atoms with Crippen LogP contribution in [-0.4, -0.2) is 18.0 Å². The highest BCUT2D eigenvalue weighted by molar-refractivity contribution is 5.92. The molecule has 3 heteroatoms. The number of rotatable bonds is 2. The molecule has 0 aliphatic carbocycles. The third kappa shape index (κ3) is 1.67. The van der Waals surface area contributed by atoms with Crippen LogP contribution in [0.5, 0.6) is 0 Å². The number of furan rings is 1. The predicted octanol–water partition coefficient (Wildman–Crippen LogP) is 2.40. The van der Waals surface area contributed by atoms with Gasteiger partial charge in [-0.1, -0.05) is 6.92 Å². The summed E-state index contributed by atoms with van der Waals surface area (Å²) in [5, 5.41) is 0. The molecule has 0 radical (unpaired) electrons. The van der Waals surface area contributed by atoms with Crippen LogP contribution in [0.4, 0.5) is 0 Å². The van der Waals surface area contributed by atoms with Gasteiger partial charge in [-0.2, -0.15) is 0 Å². The third-order valence-corrected chi connectivity index (χ3v) is 2.19. The molecule has 0 fully saturated rings. The Morgan fingerprint density at radius 2 is 2.21 bits per heavy atom. The van der Waals surface area contributed by atoms with E-state index < -0.39 is 0 Å². The van der Waals surface area contributed by atoms with Crippen molar-refractivity contribution in [3.8, 4) is 0 Å². The van der Waals surface area contributed by atoms with Gasteiger partial charge in [0, 0.05) is 6.42 Å². The molecule has 0 aromatic carbocycles. The lowest BCUT2D eigenvalue weighted by Gasteiger charge is -2.07. The average Bonchev–Trinajstić information content (AvgIpc) is 2.70. The molecule has 1 aliphatic heterocycles. The lowest BCUT2D eigenvalue weighted by atomic mass is 10.1. The summed E-state index contributed by atoms with van der Waals surface area (Å²) in [5.41, 5.74) is -0.117. The Labute approximate surface area is 83.8 Å². The van der Waals surface area contributed by atoms with E-state index in [-0.39, 0.29) is 5.54 Å². The minimum Gasteiger partial charge on any atom is -0.473 e. The van der Waals surface area contributed by atoms with Crippen LogP contribution in [0, 0.1) is 0 Å².